The van der Waals surface area contributed by atoms with E-state index in [9.17, 15) is 0 Å². The highest BCUT2D eigenvalue weighted by molar-refractivity contribution is 7.22. The number of hydrogen-bond acceptors (Lipinski definition) is 6. The molecule has 1 atom stereocenters. The van der Waals surface area contributed by atoms with Crippen LogP contribution >= 0.6 is 11.3 Å². The predicted molar refractivity (Wildman–Crippen MR) is 104 cm³/mol. The molecule has 0 amide bonds. The molecule has 25 heavy (non-hydrogen) atoms. The molecule has 1 heterocycles. The van der Waals surface area contributed by atoms with Gasteiger partial charge in [0.2, 0.25) is 5.13 Å². The second kappa shape index (κ2) is 7.98. The molecule has 6 heteroatoms. The Morgan fingerprint density at radius 3 is 2.84 bits per heavy atom. The highest BCUT2D eigenvalue weighted by Gasteiger charge is 2.08. The molecule has 0 aliphatic rings. The van der Waals surface area contributed by atoms with E-state index in [4.69, 9.17) is 9.47 Å². The summed E-state index contributed by atoms with van der Waals surface area (Å²) in [6.45, 7) is 4.13. The number of ether oxygens (including phenoxy) is 2. The number of hydrazone groups is 1. The van der Waals surface area contributed by atoms with Gasteiger partial charge in [-0.2, -0.15) is 5.10 Å². The second-order valence-electron chi connectivity index (χ2n) is 5.60. The summed E-state index contributed by atoms with van der Waals surface area (Å²) in [7, 11) is 1.64. The molecular formula is C19H21N3O2S. The summed E-state index contributed by atoms with van der Waals surface area (Å²) in [5.74, 6) is 1.44. The smallest absolute Gasteiger partial charge is 0.204 e. The molecule has 0 radical (unpaired) electrons. The average Bonchev–Trinajstić information content (AvgIpc) is 3.05. The van der Waals surface area contributed by atoms with E-state index in [0.29, 0.717) is 5.75 Å². The van der Waals surface area contributed by atoms with Gasteiger partial charge in [-0.3, -0.25) is 5.43 Å². The molecule has 1 N–H and O–H groups in total. The van der Waals surface area contributed by atoms with Crippen LogP contribution in [0.15, 0.2) is 47.6 Å². The van der Waals surface area contributed by atoms with Crippen molar-refractivity contribution in [1.29, 1.82) is 0 Å². The van der Waals surface area contributed by atoms with E-state index in [2.05, 4.69) is 22.4 Å². The largest absolute Gasteiger partial charge is 0.493 e. The van der Waals surface area contributed by atoms with E-state index < -0.39 is 0 Å². The highest BCUT2D eigenvalue weighted by Crippen LogP contribution is 2.29. The van der Waals surface area contributed by atoms with Crippen LogP contribution in [0.5, 0.6) is 11.5 Å². The zero-order valence-electron chi connectivity index (χ0n) is 14.5. The number of aromatic nitrogens is 1. The third-order valence-electron chi connectivity index (χ3n) is 3.76. The van der Waals surface area contributed by atoms with E-state index in [0.717, 1.165) is 33.1 Å². The molecule has 0 saturated carbocycles. The number of thiazole rings is 1. The lowest BCUT2D eigenvalue weighted by Gasteiger charge is -2.15. The first-order valence-electron chi connectivity index (χ1n) is 8.19. The number of methoxy groups -OCH3 is 1. The molecule has 130 valence electrons. The molecule has 2 aromatic carbocycles. The van der Waals surface area contributed by atoms with Gasteiger partial charge < -0.3 is 9.47 Å². The summed E-state index contributed by atoms with van der Waals surface area (Å²) in [5.41, 5.74) is 4.87. The molecule has 0 aliphatic carbocycles. The minimum Gasteiger partial charge on any atom is -0.493 e. The average molecular weight is 355 g/mol. The van der Waals surface area contributed by atoms with Crippen molar-refractivity contribution in [3.63, 3.8) is 0 Å². The zero-order valence-corrected chi connectivity index (χ0v) is 15.3. The SMILES string of the molecule is CC[C@@H](C)Oc1ccc(C=NNc2nc3ccccc3s2)cc1OC. The summed E-state index contributed by atoms with van der Waals surface area (Å²) >= 11 is 1.57. The van der Waals surface area contributed by atoms with E-state index in [1.807, 2.05) is 49.4 Å². The van der Waals surface area contributed by atoms with Crippen molar-refractivity contribution in [1.82, 2.24) is 4.98 Å². The standard InChI is InChI=1S/C19H21N3O2S/c1-4-13(2)24-16-10-9-14(11-17(16)23-3)12-20-22-19-21-15-7-5-6-8-18(15)25-19/h5-13H,4H2,1-3H3,(H,21,22)/t13-/m1/s1. The molecule has 1 aromatic heterocycles. The van der Waals surface area contributed by atoms with E-state index >= 15 is 0 Å². The lowest BCUT2D eigenvalue weighted by atomic mass is 10.2. The predicted octanol–water partition coefficient (Wildman–Crippen LogP) is 4.93. The summed E-state index contributed by atoms with van der Waals surface area (Å²) in [6.07, 6.45) is 2.83. The number of nitrogens with one attached hydrogen (secondary N) is 1. The third kappa shape index (κ3) is 4.28. The van der Waals surface area contributed by atoms with Gasteiger partial charge in [0.25, 0.3) is 0 Å². The number of hydrogen-bond donors (Lipinski definition) is 1. The van der Waals surface area contributed by atoms with E-state index in [1.165, 1.54) is 0 Å². The summed E-state index contributed by atoms with van der Waals surface area (Å²) in [6, 6.07) is 13.8. The fourth-order valence-electron chi connectivity index (χ4n) is 2.24. The fourth-order valence-corrected chi connectivity index (χ4v) is 3.06. The van der Waals surface area contributed by atoms with Crippen molar-refractivity contribution in [2.45, 2.75) is 26.4 Å². The molecule has 5 nitrogen and oxygen atoms in total. The summed E-state index contributed by atoms with van der Waals surface area (Å²) in [5, 5.41) is 5.03. The molecular weight excluding hydrogens is 334 g/mol. The van der Waals surface area contributed by atoms with Crippen LogP contribution < -0.4 is 14.9 Å². The van der Waals surface area contributed by atoms with Crippen molar-refractivity contribution in [2.24, 2.45) is 5.10 Å². The number of para-hydroxylation sites is 1. The summed E-state index contributed by atoms with van der Waals surface area (Å²) in [4.78, 5) is 4.48. The van der Waals surface area contributed by atoms with Gasteiger partial charge in [-0.25, -0.2) is 4.98 Å². The van der Waals surface area contributed by atoms with E-state index in [1.54, 1.807) is 24.7 Å². The van der Waals surface area contributed by atoms with Gasteiger partial charge in [0.05, 0.1) is 29.6 Å². The Bertz CT molecular complexity index is 843. The molecule has 0 fully saturated rings. The molecule has 0 aliphatic heterocycles. The number of nitrogens with zero attached hydrogens (tertiary/aromatic N) is 2. The molecule has 0 bridgehead atoms. The highest BCUT2D eigenvalue weighted by atomic mass is 32.1. The Hall–Kier alpha value is -2.60. The van der Waals surface area contributed by atoms with Crippen LogP contribution in [0.2, 0.25) is 0 Å². The Kier molecular flexibility index (Phi) is 5.50. The fraction of sp³-hybridized carbons (Fsp3) is 0.263. The van der Waals surface area contributed by atoms with Crippen molar-refractivity contribution >= 4 is 32.9 Å². The first-order chi connectivity index (χ1) is 12.2. The minimum absolute atomic E-state index is 0.147. The number of anilines is 1. The van der Waals surface area contributed by atoms with Gasteiger partial charge in [0, 0.05) is 0 Å². The van der Waals surface area contributed by atoms with Gasteiger partial charge in [0.15, 0.2) is 11.5 Å². The Morgan fingerprint density at radius 1 is 1.24 bits per heavy atom. The van der Waals surface area contributed by atoms with Crippen LogP contribution in [0.25, 0.3) is 10.2 Å². The van der Waals surface area contributed by atoms with Crippen LogP contribution in [0.3, 0.4) is 0 Å². The second-order valence-corrected chi connectivity index (χ2v) is 6.63. The summed E-state index contributed by atoms with van der Waals surface area (Å²) < 4.78 is 12.4. The molecule has 3 rings (SSSR count). The monoisotopic (exact) mass is 355 g/mol. The number of benzene rings is 2. The first kappa shape index (κ1) is 17.2. The van der Waals surface area contributed by atoms with Crippen molar-refractivity contribution < 1.29 is 9.47 Å². The van der Waals surface area contributed by atoms with Gasteiger partial charge >= 0.3 is 0 Å². The van der Waals surface area contributed by atoms with Crippen molar-refractivity contribution in [3.05, 3.63) is 48.0 Å². The maximum atomic E-state index is 5.85. The lowest BCUT2D eigenvalue weighted by molar-refractivity contribution is 0.207. The zero-order chi connectivity index (χ0) is 17.6. The van der Waals surface area contributed by atoms with Crippen LogP contribution in [0.1, 0.15) is 25.8 Å². The third-order valence-corrected chi connectivity index (χ3v) is 4.70. The number of fused-ring (bicyclic) bond motifs is 1. The maximum Gasteiger partial charge on any atom is 0.204 e. The van der Waals surface area contributed by atoms with Crippen molar-refractivity contribution in [2.75, 3.05) is 12.5 Å². The van der Waals surface area contributed by atoms with E-state index in [-0.39, 0.29) is 6.10 Å². The minimum atomic E-state index is 0.147. The first-order valence-corrected chi connectivity index (χ1v) is 9.00. The maximum absolute atomic E-state index is 5.85. The van der Waals surface area contributed by atoms with Gasteiger partial charge in [-0.05, 0) is 49.2 Å². The topological polar surface area (TPSA) is 55.7 Å². The number of rotatable bonds is 7. The molecule has 3 aromatic rings. The Balaban J connectivity index is 1.70. The Labute approximate surface area is 151 Å². The molecule has 0 spiro atoms. The normalized spacial score (nSPS) is 12.4. The molecule has 0 unspecified atom stereocenters. The van der Waals surface area contributed by atoms with Crippen LogP contribution in [0, 0.1) is 0 Å². The van der Waals surface area contributed by atoms with Crippen molar-refractivity contribution in [3.8, 4) is 11.5 Å². The van der Waals surface area contributed by atoms with Crippen LogP contribution in [-0.2, 0) is 0 Å². The van der Waals surface area contributed by atoms with Crippen LogP contribution in [0.4, 0.5) is 5.13 Å². The van der Waals surface area contributed by atoms with Gasteiger partial charge in [0.1, 0.15) is 0 Å². The quantitative estimate of drug-likeness (QED) is 0.482. The lowest BCUT2D eigenvalue weighted by Crippen LogP contribution is -2.10. The Morgan fingerprint density at radius 2 is 2.08 bits per heavy atom. The van der Waals surface area contributed by atoms with Crippen LogP contribution in [-0.4, -0.2) is 24.4 Å². The van der Waals surface area contributed by atoms with Gasteiger partial charge in [-0.15, -0.1) is 0 Å². The van der Waals surface area contributed by atoms with Gasteiger partial charge in [-0.1, -0.05) is 30.4 Å². The molecule has 0 saturated heterocycles.